The fraction of sp³-hybridized carbons (Fsp3) is 0.588. The van der Waals surface area contributed by atoms with E-state index in [1.165, 1.54) is 0 Å². The van der Waals surface area contributed by atoms with Gasteiger partial charge in [0.2, 0.25) is 5.91 Å². The zero-order valence-corrected chi connectivity index (χ0v) is 15.6. The first-order valence-electron chi connectivity index (χ1n) is 7.73. The third-order valence-electron chi connectivity index (χ3n) is 3.55. The standard InChI is InChI=1S/C17H27NO4S/c1-7-13(2)18(16(19)17(3,4)5)12-14-8-10-15(11-9-14)22-23(6,20)21/h8-11,13H,7,12H2,1-6H3/t13-/m1/s1. The molecule has 0 radical (unpaired) electrons. The molecule has 6 heteroatoms. The minimum Gasteiger partial charge on any atom is -0.383 e. The molecule has 1 amide bonds. The largest absolute Gasteiger partial charge is 0.383 e. The lowest BCUT2D eigenvalue weighted by molar-refractivity contribution is -0.142. The number of nitrogens with zero attached hydrogens (tertiary/aromatic N) is 1. The highest BCUT2D eigenvalue weighted by molar-refractivity contribution is 7.86. The molecule has 1 aromatic carbocycles. The monoisotopic (exact) mass is 341 g/mol. The SMILES string of the molecule is CC[C@@H](C)N(Cc1ccc(OS(C)(=O)=O)cc1)C(=O)C(C)(C)C. The molecule has 0 saturated heterocycles. The molecule has 5 nitrogen and oxygen atoms in total. The molecule has 0 N–H and O–H groups in total. The van der Waals surface area contributed by atoms with Crippen molar-refractivity contribution in [1.29, 1.82) is 0 Å². The number of hydrogen-bond acceptors (Lipinski definition) is 4. The first-order valence-corrected chi connectivity index (χ1v) is 9.55. The molecule has 0 spiro atoms. The van der Waals surface area contributed by atoms with Gasteiger partial charge in [-0.25, -0.2) is 0 Å². The molecular formula is C17H27NO4S. The van der Waals surface area contributed by atoms with Crippen LogP contribution in [0.15, 0.2) is 24.3 Å². The highest BCUT2D eigenvalue weighted by Crippen LogP contribution is 2.23. The van der Waals surface area contributed by atoms with E-state index in [1.807, 2.05) is 32.6 Å². The Hall–Kier alpha value is -1.56. The van der Waals surface area contributed by atoms with Crippen LogP contribution in [0.5, 0.6) is 5.75 Å². The zero-order chi connectivity index (χ0) is 17.8. The second-order valence-corrected chi connectivity index (χ2v) is 8.45. The minimum absolute atomic E-state index is 0.100. The number of carbonyl (C=O) groups excluding carboxylic acids is 1. The van der Waals surface area contributed by atoms with Crippen molar-refractivity contribution in [2.75, 3.05) is 6.26 Å². The van der Waals surface area contributed by atoms with Gasteiger partial charge in [-0.15, -0.1) is 0 Å². The zero-order valence-electron chi connectivity index (χ0n) is 14.8. The van der Waals surface area contributed by atoms with E-state index in [-0.39, 0.29) is 17.7 Å². The Kier molecular flexibility index (Phi) is 6.22. The fourth-order valence-corrected chi connectivity index (χ4v) is 2.56. The maximum Gasteiger partial charge on any atom is 0.306 e. The second-order valence-electron chi connectivity index (χ2n) is 6.87. The van der Waals surface area contributed by atoms with E-state index in [2.05, 4.69) is 6.92 Å². The van der Waals surface area contributed by atoms with Crippen molar-refractivity contribution in [3.05, 3.63) is 29.8 Å². The molecule has 0 heterocycles. The van der Waals surface area contributed by atoms with E-state index in [1.54, 1.807) is 24.3 Å². The topological polar surface area (TPSA) is 63.7 Å². The van der Waals surface area contributed by atoms with E-state index in [0.29, 0.717) is 6.54 Å². The summed E-state index contributed by atoms with van der Waals surface area (Å²) in [5.41, 5.74) is 0.492. The molecular weight excluding hydrogens is 314 g/mol. The van der Waals surface area contributed by atoms with Crippen molar-refractivity contribution in [2.24, 2.45) is 5.41 Å². The van der Waals surface area contributed by atoms with E-state index >= 15 is 0 Å². The molecule has 0 fully saturated rings. The third kappa shape index (κ3) is 6.22. The van der Waals surface area contributed by atoms with Crippen LogP contribution in [0.1, 0.15) is 46.6 Å². The van der Waals surface area contributed by atoms with Gasteiger partial charge < -0.3 is 9.08 Å². The Morgan fingerprint density at radius 1 is 1.22 bits per heavy atom. The van der Waals surface area contributed by atoms with Crippen LogP contribution in [0.3, 0.4) is 0 Å². The molecule has 130 valence electrons. The minimum atomic E-state index is -3.53. The van der Waals surface area contributed by atoms with E-state index in [9.17, 15) is 13.2 Å². The molecule has 0 aliphatic heterocycles. The van der Waals surface area contributed by atoms with Crippen molar-refractivity contribution in [3.8, 4) is 5.75 Å². The molecule has 1 atom stereocenters. The molecule has 0 saturated carbocycles. The van der Waals surface area contributed by atoms with Crippen LogP contribution in [-0.2, 0) is 21.5 Å². The summed E-state index contributed by atoms with van der Waals surface area (Å²) in [6.07, 6.45) is 1.88. The van der Waals surface area contributed by atoms with Crippen LogP contribution in [0.2, 0.25) is 0 Å². The molecule has 0 bridgehead atoms. The van der Waals surface area contributed by atoms with Crippen LogP contribution in [0.25, 0.3) is 0 Å². The van der Waals surface area contributed by atoms with Gasteiger partial charge in [0.1, 0.15) is 5.75 Å². The van der Waals surface area contributed by atoms with E-state index < -0.39 is 15.5 Å². The van der Waals surface area contributed by atoms with Crippen LogP contribution in [0, 0.1) is 5.41 Å². The Morgan fingerprint density at radius 2 is 1.74 bits per heavy atom. The van der Waals surface area contributed by atoms with Crippen molar-refractivity contribution in [2.45, 2.75) is 53.6 Å². The molecule has 0 unspecified atom stereocenters. The van der Waals surface area contributed by atoms with Gasteiger partial charge in [-0.3, -0.25) is 4.79 Å². The third-order valence-corrected chi connectivity index (χ3v) is 4.04. The Morgan fingerprint density at radius 3 is 2.13 bits per heavy atom. The van der Waals surface area contributed by atoms with Crippen LogP contribution < -0.4 is 4.18 Å². The molecule has 0 aromatic heterocycles. The van der Waals surface area contributed by atoms with Gasteiger partial charge in [0.25, 0.3) is 0 Å². The molecule has 1 aromatic rings. The fourth-order valence-electron chi connectivity index (χ4n) is 2.10. The first kappa shape index (κ1) is 19.5. The lowest BCUT2D eigenvalue weighted by atomic mass is 9.93. The average Bonchev–Trinajstić information content (AvgIpc) is 2.42. The van der Waals surface area contributed by atoms with E-state index in [0.717, 1.165) is 18.2 Å². The summed E-state index contributed by atoms with van der Waals surface area (Å²) < 4.78 is 27.1. The second kappa shape index (κ2) is 7.34. The summed E-state index contributed by atoms with van der Waals surface area (Å²) in [6, 6.07) is 6.91. The van der Waals surface area contributed by atoms with Gasteiger partial charge in [0, 0.05) is 18.0 Å². The summed E-state index contributed by atoms with van der Waals surface area (Å²) in [5, 5.41) is 0. The number of amides is 1. The highest BCUT2D eigenvalue weighted by Gasteiger charge is 2.29. The summed E-state index contributed by atoms with van der Waals surface area (Å²) in [6.45, 7) is 10.3. The number of rotatable bonds is 6. The summed E-state index contributed by atoms with van der Waals surface area (Å²) in [4.78, 5) is 14.5. The number of hydrogen-bond donors (Lipinski definition) is 0. The van der Waals surface area contributed by atoms with Crippen LogP contribution >= 0.6 is 0 Å². The van der Waals surface area contributed by atoms with Gasteiger partial charge in [0.15, 0.2) is 0 Å². The van der Waals surface area contributed by atoms with Crippen LogP contribution in [0.4, 0.5) is 0 Å². The quantitative estimate of drug-likeness (QED) is 0.745. The maximum atomic E-state index is 12.6. The Balaban J connectivity index is 2.94. The number of carbonyl (C=O) groups is 1. The van der Waals surface area contributed by atoms with Gasteiger partial charge in [-0.2, -0.15) is 8.42 Å². The molecule has 0 aliphatic carbocycles. The van der Waals surface area contributed by atoms with Gasteiger partial charge in [-0.1, -0.05) is 39.8 Å². The lowest BCUT2D eigenvalue weighted by Gasteiger charge is -2.34. The number of benzene rings is 1. The van der Waals surface area contributed by atoms with Crippen molar-refractivity contribution >= 4 is 16.0 Å². The summed E-state index contributed by atoms with van der Waals surface area (Å²) in [7, 11) is -3.53. The van der Waals surface area contributed by atoms with Crippen molar-refractivity contribution in [3.63, 3.8) is 0 Å². The Bertz CT molecular complexity index is 630. The predicted octanol–water partition coefficient (Wildman–Crippen LogP) is 3.20. The van der Waals surface area contributed by atoms with Crippen molar-refractivity contribution in [1.82, 2.24) is 4.90 Å². The van der Waals surface area contributed by atoms with E-state index in [4.69, 9.17) is 4.18 Å². The predicted molar refractivity (Wildman–Crippen MR) is 91.7 cm³/mol. The Labute approximate surface area is 139 Å². The maximum absolute atomic E-state index is 12.6. The smallest absolute Gasteiger partial charge is 0.306 e. The van der Waals surface area contributed by atoms with Gasteiger partial charge >= 0.3 is 10.1 Å². The summed E-state index contributed by atoms with van der Waals surface area (Å²) >= 11 is 0. The summed E-state index contributed by atoms with van der Waals surface area (Å²) in [5.74, 6) is 0.372. The molecule has 1 rings (SSSR count). The first-order chi connectivity index (χ1) is 10.4. The molecule has 23 heavy (non-hydrogen) atoms. The molecule has 0 aliphatic rings. The highest BCUT2D eigenvalue weighted by atomic mass is 32.2. The van der Waals surface area contributed by atoms with Crippen LogP contribution in [-0.4, -0.2) is 31.5 Å². The van der Waals surface area contributed by atoms with Gasteiger partial charge in [-0.05, 0) is 31.0 Å². The lowest BCUT2D eigenvalue weighted by Crippen LogP contribution is -2.44. The normalized spacial score (nSPS) is 13.5. The average molecular weight is 341 g/mol. The van der Waals surface area contributed by atoms with Crippen molar-refractivity contribution < 1.29 is 17.4 Å². The van der Waals surface area contributed by atoms with Gasteiger partial charge in [0.05, 0.1) is 6.26 Å².